The Balaban J connectivity index is 2.68. The van der Waals surface area contributed by atoms with Crippen molar-refractivity contribution in [1.82, 2.24) is 4.90 Å². The number of nitrogens with zero attached hydrogens (tertiary/aromatic N) is 2. The van der Waals surface area contributed by atoms with Crippen LogP contribution in [0.4, 0.5) is 0 Å². The van der Waals surface area contributed by atoms with E-state index >= 15 is 0 Å². The van der Waals surface area contributed by atoms with Gasteiger partial charge in [-0.2, -0.15) is 5.26 Å². The van der Waals surface area contributed by atoms with Crippen LogP contribution < -0.4 is 0 Å². The van der Waals surface area contributed by atoms with Gasteiger partial charge in [0.05, 0.1) is 11.6 Å². The Kier molecular flexibility index (Phi) is 5.68. The third-order valence-electron chi connectivity index (χ3n) is 2.78. The zero-order valence-corrected chi connectivity index (χ0v) is 10.6. The minimum atomic E-state index is 0.224. The van der Waals surface area contributed by atoms with E-state index in [1.54, 1.807) is 0 Å². The van der Waals surface area contributed by atoms with Gasteiger partial charge in [0.15, 0.2) is 0 Å². The van der Waals surface area contributed by atoms with Gasteiger partial charge >= 0.3 is 0 Å². The van der Waals surface area contributed by atoms with Crippen molar-refractivity contribution in [3.8, 4) is 6.07 Å². The van der Waals surface area contributed by atoms with Crippen LogP contribution in [0, 0.1) is 11.3 Å². The minimum Gasteiger partial charge on any atom is -0.396 e. The molecule has 0 aliphatic carbocycles. The Morgan fingerprint density at radius 3 is 2.76 bits per heavy atom. The Hall–Kier alpha value is -1.37. The number of benzene rings is 1. The van der Waals surface area contributed by atoms with Crippen LogP contribution in [-0.4, -0.2) is 29.2 Å². The normalized spacial score (nSPS) is 10.8. The van der Waals surface area contributed by atoms with Crippen LogP contribution in [0.25, 0.3) is 0 Å². The fourth-order valence-corrected chi connectivity index (χ4v) is 1.77. The first kappa shape index (κ1) is 13.7. The predicted molar refractivity (Wildman–Crippen MR) is 68.4 cm³/mol. The summed E-state index contributed by atoms with van der Waals surface area (Å²) < 4.78 is 0. The van der Waals surface area contributed by atoms with Gasteiger partial charge in [0.2, 0.25) is 0 Å². The van der Waals surface area contributed by atoms with Crippen LogP contribution in [0.2, 0.25) is 0 Å². The summed E-state index contributed by atoms with van der Waals surface area (Å²) in [6.07, 6.45) is 0.788. The van der Waals surface area contributed by atoms with E-state index < -0.39 is 0 Å². The van der Waals surface area contributed by atoms with E-state index in [-0.39, 0.29) is 6.61 Å². The molecule has 1 aromatic rings. The highest BCUT2D eigenvalue weighted by molar-refractivity contribution is 5.32. The first-order chi connectivity index (χ1) is 8.17. The third-order valence-corrected chi connectivity index (χ3v) is 2.78. The van der Waals surface area contributed by atoms with Gasteiger partial charge in [-0.1, -0.05) is 12.1 Å². The molecular formula is C14H20N2O. The summed E-state index contributed by atoms with van der Waals surface area (Å²) in [6.45, 7) is 6.22. The van der Waals surface area contributed by atoms with Gasteiger partial charge in [-0.15, -0.1) is 0 Å². The van der Waals surface area contributed by atoms with Crippen LogP contribution in [0.15, 0.2) is 24.3 Å². The predicted octanol–water partition coefficient (Wildman–Crippen LogP) is 2.15. The van der Waals surface area contributed by atoms with E-state index in [1.807, 2.05) is 24.3 Å². The summed E-state index contributed by atoms with van der Waals surface area (Å²) in [5, 5.41) is 17.7. The maximum atomic E-state index is 8.88. The highest BCUT2D eigenvalue weighted by Gasteiger charge is 2.09. The van der Waals surface area contributed by atoms with Crippen molar-refractivity contribution in [2.45, 2.75) is 32.9 Å². The van der Waals surface area contributed by atoms with Gasteiger partial charge in [-0.25, -0.2) is 0 Å². The molecule has 0 aliphatic heterocycles. The molecule has 3 heteroatoms. The maximum Gasteiger partial charge on any atom is 0.0991 e. The molecule has 0 atom stereocenters. The molecule has 0 saturated carbocycles. The van der Waals surface area contributed by atoms with E-state index in [0.29, 0.717) is 11.6 Å². The molecule has 0 amide bonds. The Morgan fingerprint density at radius 1 is 1.41 bits per heavy atom. The summed E-state index contributed by atoms with van der Waals surface area (Å²) in [4.78, 5) is 2.30. The van der Waals surface area contributed by atoms with Crippen LogP contribution in [0.5, 0.6) is 0 Å². The number of nitriles is 1. The van der Waals surface area contributed by atoms with Crippen molar-refractivity contribution in [2.75, 3.05) is 13.2 Å². The Morgan fingerprint density at radius 2 is 2.18 bits per heavy atom. The Labute approximate surface area is 103 Å². The molecule has 0 radical (unpaired) electrons. The first-order valence-electron chi connectivity index (χ1n) is 6.01. The van der Waals surface area contributed by atoms with Crippen molar-refractivity contribution in [1.29, 1.82) is 5.26 Å². The van der Waals surface area contributed by atoms with Gasteiger partial charge in [-0.05, 0) is 38.0 Å². The maximum absolute atomic E-state index is 8.88. The molecule has 0 bridgehead atoms. The van der Waals surface area contributed by atoms with E-state index in [9.17, 15) is 0 Å². The average Bonchev–Trinajstić information content (AvgIpc) is 2.34. The molecule has 92 valence electrons. The van der Waals surface area contributed by atoms with Crippen molar-refractivity contribution in [3.63, 3.8) is 0 Å². The van der Waals surface area contributed by atoms with Crippen LogP contribution in [0.1, 0.15) is 31.4 Å². The molecule has 1 aromatic carbocycles. The third kappa shape index (κ3) is 4.56. The lowest BCUT2D eigenvalue weighted by molar-refractivity contribution is 0.185. The van der Waals surface area contributed by atoms with Crippen molar-refractivity contribution < 1.29 is 5.11 Å². The van der Waals surface area contributed by atoms with Gasteiger partial charge < -0.3 is 5.11 Å². The molecule has 0 aliphatic rings. The van der Waals surface area contributed by atoms with Gasteiger partial charge in [-0.3, -0.25) is 4.90 Å². The van der Waals surface area contributed by atoms with Crippen molar-refractivity contribution >= 4 is 0 Å². The van der Waals surface area contributed by atoms with Gasteiger partial charge in [0.25, 0.3) is 0 Å². The molecule has 0 unspecified atom stereocenters. The van der Waals surface area contributed by atoms with Crippen molar-refractivity contribution in [3.05, 3.63) is 35.4 Å². The highest BCUT2D eigenvalue weighted by atomic mass is 16.3. The first-order valence-corrected chi connectivity index (χ1v) is 6.01. The zero-order chi connectivity index (χ0) is 12.7. The van der Waals surface area contributed by atoms with Gasteiger partial charge in [0.1, 0.15) is 0 Å². The SMILES string of the molecule is CC(C)N(CCCO)Cc1cccc(C#N)c1. The molecule has 0 heterocycles. The van der Waals surface area contributed by atoms with E-state index in [1.165, 1.54) is 0 Å². The molecule has 0 saturated heterocycles. The lowest BCUT2D eigenvalue weighted by Crippen LogP contribution is -2.31. The number of hydrogen-bond donors (Lipinski definition) is 1. The van der Waals surface area contributed by atoms with Crippen molar-refractivity contribution in [2.24, 2.45) is 0 Å². The largest absolute Gasteiger partial charge is 0.396 e. The summed E-state index contributed by atoms with van der Waals surface area (Å²) in [7, 11) is 0. The average molecular weight is 232 g/mol. The lowest BCUT2D eigenvalue weighted by Gasteiger charge is -2.26. The quantitative estimate of drug-likeness (QED) is 0.817. The standard InChI is InChI=1S/C14H20N2O/c1-12(2)16(7-4-8-17)11-14-6-3-5-13(9-14)10-15/h3,5-6,9,12,17H,4,7-8,11H2,1-2H3. The highest BCUT2D eigenvalue weighted by Crippen LogP contribution is 2.10. The lowest BCUT2D eigenvalue weighted by atomic mass is 10.1. The van der Waals surface area contributed by atoms with E-state index in [4.69, 9.17) is 10.4 Å². The monoisotopic (exact) mass is 232 g/mol. The minimum absolute atomic E-state index is 0.224. The Bertz CT molecular complexity index is 382. The fraction of sp³-hybridized carbons (Fsp3) is 0.500. The number of aliphatic hydroxyl groups is 1. The van der Waals surface area contributed by atoms with Crippen LogP contribution >= 0.6 is 0 Å². The molecule has 17 heavy (non-hydrogen) atoms. The zero-order valence-electron chi connectivity index (χ0n) is 10.6. The summed E-state index contributed by atoms with van der Waals surface area (Å²) in [5.74, 6) is 0. The second kappa shape index (κ2) is 7.05. The smallest absolute Gasteiger partial charge is 0.0991 e. The fourth-order valence-electron chi connectivity index (χ4n) is 1.77. The van der Waals surface area contributed by atoms with Crippen LogP contribution in [0.3, 0.4) is 0 Å². The summed E-state index contributed by atoms with van der Waals surface area (Å²) in [5.41, 5.74) is 1.85. The number of rotatable bonds is 6. The molecule has 0 spiro atoms. The van der Waals surface area contributed by atoms with E-state index in [2.05, 4.69) is 24.8 Å². The van der Waals surface area contributed by atoms with Crippen LogP contribution in [-0.2, 0) is 6.54 Å². The molecule has 3 nitrogen and oxygen atoms in total. The molecular weight excluding hydrogens is 212 g/mol. The molecule has 0 fully saturated rings. The summed E-state index contributed by atoms with van der Waals surface area (Å²) >= 11 is 0. The second-order valence-corrected chi connectivity index (χ2v) is 4.45. The summed E-state index contributed by atoms with van der Waals surface area (Å²) in [6, 6.07) is 10.3. The topological polar surface area (TPSA) is 47.3 Å². The van der Waals surface area contributed by atoms with E-state index in [0.717, 1.165) is 25.1 Å². The second-order valence-electron chi connectivity index (χ2n) is 4.45. The number of hydrogen-bond acceptors (Lipinski definition) is 3. The van der Waals surface area contributed by atoms with Gasteiger partial charge in [0, 0.05) is 25.7 Å². The molecule has 0 aromatic heterocycles. The molecule has 1 N–H and O–H groups in total. The number of aliphatic hydroxyl groups excluding tert-OH is 1. The molecule has 1 rings (SSSR count).